The fourth-order valence-corrected chi connectivity index (χ4v) is 1.45. The zero-order valence-electron chi connectivity index (χ0n) is 8.04. The van der Waals surface area contributed by atoms with Gasteiger partial charge in [-0.05, 0) is 30.5 Å². The number of allylic oxidation sites excluding steroid dienone is 1. The Morgan fingerprint density at radius 3 is 2.73 bits per heavy atom. The minimum absolute atomic E-state index is 0.265. The second kappa shape index (κ2) is 5.79. The maximum Gasteiger partial charge on any atom is 0.248 e. The summed E-state index contributed by atoms with van der Waals surface area (Å²) in [5.41, 5.74) is 6.73. The first-order chi connectivity index (χ1) is 7.09. The van der Waals surface area contributed by atoms with Crippen LogP contribution in [-0.2, 0) is 6.42 Å². The van der Waals surface area contributed by atoms with Crippen LogP contribution in [0, 0.1) is 0 Å². The van der Waals surface area contributed by atoms with Crippen LogP contribution in [0.2, 0.25) is 0 Å². The van der Waals surface area contributed by atoms with Crippen molar-refractivity contribution in [2.24, 2.45) is 5.73 Å². The van der Waals surface area contributed by atoms with Crippen molar-refractivity contribution in [3.8, 4) is 0 Å². The van der Waals surface area contributed by atoms with Gasteiger partial charge < -0.3 is 5.73 Å². The Morgan fingerprint density at radius 1 is 1.40 bits per heavy atom. The minimum Gasteiger partial charge on any atom is -0.366 e. The normalized spacial score (nSPS) is 9.73. The van der Waals surface area contributed by atoms with Gasteiger partial charge in [-0.2, -0.15) is 0 Å². The zero-order valence-corrected chi connectivity index (χ0v) is 9.55. The summed E-state index contributed by atoms with van der Waals surface area (Å²) in [5.74, 6) is -0.414. The third-order valence-electron chi connectivity index (χ3n) is 1.94. The highest BCUT2D eigenvalue weighted by molar-refractivity contribution is 6.55. The summed E-state index contributed by atoms with van der Waals surface area (Å²) in [4.78, 5) is 10.9. The Hall–Kier alpha value is -0.990. The molecule has 0 aromatic heterocycles. The molecule has 0 aliphatic heterocycles. The molecule has 2 nitrogen and oxygen atoms in total. The van der Waals surface area contributed by atoms with Crippen molar-refractivity contribution in [3.63, 3.8) is 0 Å². The predicted octanol–water partition coefficient (Wildman–Crippen LogP) is 3.04. The standard InChI is InChI=1S/C11H11Cl2NO/c12-10(13)6-2-4-8-3-1-5-9(7-8)11(14)15/h1,3,5-7H,2,4H2,(H2,14,15). The molecule has 80 valence electrons. The van der Waals surface area contributed by atoms with Crippen LogP contribution in [0.4, 0.5) is 0 Å². The van der Waals surface area contributed by atoms with E-state index in [0.29, 0.717) is 5.56 Å². The highest BCUT2D eigenvalue weighted by atomic mass is 35.5. The molecule has 1 aromatic rings. The van der Waals surface area contributed by atoms with Crippen LogP contribution in [0.5, 0.6) is 0 Å². The van der Waals surface area contributed by atoms with Crippen LogP contribution in [0.15, 0.2) is 34.8 Å². The van der Waals surface area contributed by atoms with E-state index in [-0.39, 0.29) is 4.49 Å². The molecule has 1 rings (SSSR count). The highest BCUT2D eigenvalue weighted by Gasteiger charge is 2.00. The van der Waals surface area contributed by atoms with Gasteiger partial charge in [0.15, 0.2) is 0 Å². The molecule has 0 radical (unpaired) electrons. The molecule has 0 saturated heterocycles. The average molecular weight is 244 g/mol. The van der Waals surface area contributed by atoms with Gasteiger partial charge in [-0.15, -0.1) is 0 Å². The molecule has 0 spiro atoms. The number of aryl methyl sites for hydroxylation is 1. The summed E-state index contributed by atoms with van der Waals surface area (Å²) in [7, 11) is 0. The van der Waals surface area contributed by atoms with Gasteiger partial charge in [-0.3, -0.25) is 4.79 Å². The van der Waals surface area contributed by atoms with E-state index in [4.69, 9.17) is 28.9 Å². The molecule has 0 unspecified atom stereocenters. The van der Waals surface area contributed by atoms with Gasteiger partial charge in [0.1, 0.15) is 4.49 Å². The number of amides is 1. The minimum atomic E-state index is -0.414. The molecule has 0 fully saturated rings. The number of carbonyl (C=O) groups excluding carboxylic acids is 1. The van der Waals surface area contributed by atoms with Gasteiger partial charge >= 0.3 is 0 Å². The van der Waals surface area contributed by atoms with Gasteiger partial charge in [-0.25, -0.2) is 0 Å². The Kier molecular flexibility index (Phi) is 4.66. The maximum absolute atomic E-state index is 10.9. The van der Waals surface area contributed by atoms with E-state index in [9.17, 15) is 4.79 Å². The van der Waals surface area contributed by atoms with E-state index < -0.39 is 5.91 Å². The molecule has 0 aliphatic carbocycles. The van der Waals surface area contributed by atoms with Crippen LogP contribution in [0.3, 0.4) is 0 Å². The van der Waals surface area contributed by atoms with Gasteiger partial charge in [0.25, 0.3) is 0 Å². The Balaban J connectivity index is 2.66. The molecule has 0 heterocycles. The molecule has 0 bridgehead atoms. The van der Waals surface area contributed by atoms with Crippen LogP contribution < -0.4 is 5.73 Å². The van der Waals surface area contributed by atoms with Crippen molar-refractivity contribution in [1.29, 1.82) is 0 Å². The lowest BCUT2D eigenvalue weighted by Crippen LogP contribution is -2.10. The van der Waals surface area contributed by atoms with E-state index in [2.05, 4.69) is 0 Å². The van der Waals surface area contributed by atoms with E-state index in [1.54, 1.807) is 24.3 Å². The lowest BCUT2D eigenvalue weighted by atomic mass is 10.1. The molecule has 0 saturated carbocycles. The zero-order chi connectivity index (χ0) is 11.3. The molecule has 15 heavy (non-hydrogen) atoms. The van der Waals surface area contributed by atoms with Gasteiger partial charge in [0.2, 0.25) is 5.91 Å². The van der Waals surface area contributed by atoms with Crippen molar-refractivity contribution < 1.29 is 4.79 Å². The SMILES string of the molecule is NC(=O)c1cccc(CCC=C(Cl)Cl)c1. The topological polar surface area (TPSA) is 43.1 Å². The second-order valence-electron chi connectivity index (χ2n) is 3.10. The molecular formula is C11H11Cl2NO. The molecule has 1 amide bonds. The number of hydrogen-bond acceptors (Lipinski definition) is 1. The number of rotatable bonds is 4. The van der Waals surface area contributed by atoms with Gasteiger partial charge in [0.05, 0.1) is 0 Å². The molecule has 4 heteroatoms. The fourth-order valence-electron chi connectivity index (χ4n) is 1.23. The lowest BCUT2D eigenvalue weighted by Gasteiger charge is -2.00. The monoisotopic (exact) mass is 243 g/mol. The third-order valence-corrected chi connectivity index (χ3v) is 2.25. The van der Waals surface area contributed by atoms with Crippen molar-refractivity contribution in [2.45, 2.75) is 12.8 Å². The Morgan fingerprint density at radius 2 is 2.13 bits per heavy atom. The average Bonchev–Trinajstić information content (AvgIpc) is 2.17. The summed E-state index contributed by atoms with van der Waals surface area (Å²) in [6.45, 7) is 0. The van der Waals surface area contributed by atoms with Gasteiger partial charge in [-0.1, -0.05) is 41.4 Å². The summed E-state index contributed by atoms with van der Waals surface area (Å²) < 4.78 is 0.265. The van der Waals surface area contributed by atoms with Gasteiger partial charge in [0, 0.05) is 5.56 Å². The molecule has 0 aliphatic rings. The number of carbonyl (C=O) groups is 1. The van der Waals surface area contributed by atoms with Crippen LogP contribution >= 0.6 is 23.2 Å². The highest BCUT2D eigenvalue weighted by Crippen LogP contribution is 2.11. The van der Waals surface area contributed by atoms with Crippen LogP contribution in [0.1, 0.15) is 22.3 Å². The quantitative estimate of drug-likeness (QED) is 0.869. The third kappa shape index (κ3) is 4.36. The number of hydrogen-bond donors (Lipinski definition) is 1. The molecular weight excluding hydrogens is 233 g/mol. The maximum atomic E-state index is 10.9. The molecule has 1 aromatic carbocycles. The first kappa shape index (κ1) is 12.1. The van der Waals surface area contributed by atoms with E-state index >= 15 is 0 Å². The van der Waals surface area contributed by atoms with Crippen LogP contribution in [-0.4, -0.2) is 5.91 Å². The summed E-state index contributed by atoms with van der Waals surface area (Å²) in [5, 5.41) is 0. The lowest BCUT2D eigenvalue weighted by molar-refractivity contribution is 0.1000. The van der Waals surface area contributed by atoms with Crippen molar-refractivity contribution >= 4 is 29.1 Å². The van der Waals surface area contributed by atoms with Crippen molar-refractivity contribution in [1.82, 2.24) is 0 Å². The number of benzene rings is 1. The predicted molar refractivity (Wildman–Crippen MR) is 63.1 cm³/mol. The summed E-state index contributed by atoms with van der Waals surface area (Å²) in [6.07, 6.45) is 3.24. The Labute approximate surface area is 98.7 Å². The van der Waals surface area contributed by atoms with E-state index in [1.807, 2.05) is 6.07 Å². The fraction of sp³-hybridized carbons (Fsp3) is 0.182. The van der Waals surface area contributed by atoms with Crippen molar-refractivity contribution in [2.75, 3.05) is 0 Å². The first-order valence-corrected chi connectivity index (χ1v) is 5.25. The summed E-state index contributed by atoms with van der Waals surface area (Å²) in [6, 6.07) is 7.21. The number of primary amides is 1. The number of nitrogens with two attached hydrogens (primary N) is 1. The number of halogens is 2. The second-order valence-corrected chi connectivity index (χ2v) is 4.10. The first-order valence-electron chi connectivity index (χ1n) is 4.49. The Bertz CT molecular complexity index is 384. The van der Waals surface area contributed by atoms with E-state index in [0.717, 1.165) is 18.4 Å². The summed E-state index contributed by atoms with van der Waals surface area (Å²) >= 11 is 11.0. The van der Waals surface area contributed by atoms with Crippen LogP contribution in [0.25, 0.3) is 0 Å². The smallest absolute Gasteiger partial charge is 0.248 e. The largest absolute Gasteiger partial charge is 0.366 e. The molecule has 0 atom stereocenters. The van der Waals surface area contributed by atoms with E-state index in [1.165, 1.54) is 0 Å². The molecule has 2 N–H and O–H groups in total. The van der Waals surface area contributed by atoms with Crippen molar-refractivity contribution in [3.05, 3.63) is 46.0 Å².